The molecule has 0 aliphatic rings. The van der Waals surface area contributed by atoms with Crippen LogP contribution in [0.1, 0.15) is 5.56 Å². The van der Waals surface area contributed by atoms with Gasteiger partial charge in [-0.2, -0.15) is 5.90 Å². The van der Waals surface area contributed by atoms with Crippen molar-refractivity contribution in [2.24, 2.45) is 5.90 Å². The Kier molecular flexibility index (Phi) is 2.23. The van der Waals surface area contributed by atoms with E-state index in [1.165, 1.54) is 12.1 Å². The summed E-state index contributed by atoms with van der Waals surface area (Å²) < 4.78 is 0. The zero-order valence-corrected chi connectivity index (χ0v) is 6.20. The van der Waals surface area contributed by atoms with E-state index in [9.17, 15) is 4.79 Å². The molecule has 2 N–H and O–H groups in total. The molecule has 0 aliphatic carbocycles. The first-order chi connectivity index (χ1) is 5.24. The van der Waals surface area contributed by atoms with Crippen molar-refractivity contribution < 1.29 is 4.84 Å². The summed E-state index contributed by atoms with van der Waals surface area (Å²) in [6, 6.07) is 6.29. The molecule has 0 saturated carbocycles. The van der Waals surface area contributed by atoms with E-state index in [0.717, 1.165) is 0 Å². The van der Waals surface area contributed by atoms with Crippen LogP contribution in [0.5, 0.6) is 5.75 Å². The van der Waals surface area contributed by atoms with Crippen LogP contribution in [-0.2, 0) is 0 Å². The highest BCUT2D eigenvalue weighted by molar-refractivity contribution is 5.23. The summed E-state index contributed by atoms with van der Waals surface area (Å²) in [5.41, 5.74) is 0.654. The van der Waals surface area contributed by atoms with E-state index in [4.69, 9.17) is 5.90 Å². The third kappa shape index (κ3) is 1.78. The molecule has 0 heterocycles. The highest BCUT2D eigenvalue weighted by atomic mass is 16.6. The van der Waals surface area contributed by atoms with Gasteiger partial charge in [0, 0.05) is 0 Å². The van der Waals surface area contributed by atoms with Gasteiger partial charge >= 0.3 is 0 Å². The second kappa shape index (κ2) is 3.16. The fourth-order valence-corrected chi connectivity index (χ4v) is 0.713. The summed E-state index contributed by atoms with van der Waals surface area (Å²) in [7, 11) is 0. The maximum absolute atomic E-state index is 11.0. The molecule has 0 atom stereocenters. The third-order valence-corrected chi connectivity index (χ3v) is 1.42. The molecule has 0 bridgehead atoms. The molecule has 3 nitrogen and oxygen atoms in total. The van der Waals surface area contributed by atoms with Crippen LogP contribution in [0.2, 0.25) is 0 Å². The van der Waals surface area contributed by atoms with E-state index in [0.29, 0.717) is 11.3 Å². The number of rotatable bonds is 1. The van der Waals surface area contributed by atoms with Crippen LogP contribution in [0.25, 0.3) is 0 Å². The van der Waals surface area contributed by atoms with Crippen LogP contribution in [0.4, 0.5) is 0 Å². The van der Waals surface area contributed by atoms with E-state index in [1.807, 2.05) is 0 Å². The average molecular weight is 151 g/mol. The zero-order valence-electron chi connectivity index (χ0n) is 6.20. The molecule has 0 aliphatic heterocycles. The van der Waals surface area contributed by atoms with Crippen LogP contribution < -0.4 is 16.2 Å². The van der Waals surface area contributed by atoms with Crippen molar-refractivity contribution in [2.45, 2.75) is 6.92 Å². The molecule has 1 aromatic rings. The van der Waals surface area contributed by atoms with E-state index in [1.54, 1.807) is 19.1 Å². The zero-order chi connectivity index (χ0) is 8.27. The van der Waals surface area contributed by atoms with Crippen molar-refractivity contribution in [1.29, 1.82) is 0 Å². The Bertz CT molecular complexity index is 309. The lowest BCUT2D eigenvalue weighted by Gasteiger charge is -1.89. The van der Waals surface area contributed by atoms with Gasteiger partial charge in [-0.25, -0.2) is 0 Å². The Morgan fingerprint density at radius 3 is 2.55 bits per heavy atom. The van der Waals surface area contributed by atoms with Crippen molar-refractivity contribution in [3.05, 3.63) is 40.1 Å². The number of hydrogen-bond acceptors (Lipinski definition) is 3. The Balaban J connectivity index is 3.28. The standard InChI is InChI=1S/C8H9NO2/c1-6-2-3-7(11-9)4-5-8(6)10/h2-5H,9H2,1H3. The molecule has 0 saturated heterocycles. The second-order valence-electron chi connectivity index (χ2n) is 2.23. The Morgan fingerprint density at radius 2 is 1.91 bits per heavy atom. The van der Waals surface area contributed by atoms with Gasteiger partial charge in [-0.1, -0.05) is 6.07 Å². The highest BCUT2D eigenvalue weighted by Crippen LogP contribution is 2.03. The van der Waals surface area contributed by atoms with Crippen molar-refractivity contribution in [2.75, 3.05) is 0 Å². The highest BCUT2D eigenvalue weighted by Gasteiger charge is 1.90. The predicted octanol–water partition coefficient (Wildman–Crippen LogP) is 0.608. The molecular formula is C8H9NO2. The van der Waals surface area contributed by atoms with E-state index >= 15 is 0 Å². The van der Waals surface area contributed by atoms with E-state index in [2.05, 4.69) is 4.84 Å². The van der Waals surface area contributed by atoms with E-state index in [-0.39, 0.29) is 5.43 Å². The number of hydrogen-bond donors (Lipinski definition) is 1. The van der Waals surface area contributed by atoms with Gasteiger partial charge in [0.15, 0.2) is 5.43 Å². The van der Waals surface area contributed by atoms with Gasteiger partial charge in [-0.15, -0.1) is 0 Å². The van der Waals surface area contributed by atoms with Crippen LogP contribution in [-0.4, -0.2) is 0 Å². The lowest BCUT2D eigenvalue weighted by atomic mass is 10.3. The fraction of sp³-hybridized carbons (Fsp3) is 0.125. The first-order valence-electron chi connectivity index (χ1n) is 3.22. The van der Waals surface area contributed by atoms with Crippen molar-refractivity contribution in [1.82, 2.24) is 0 Å². The lowest BCUT2D eigenvalue weighted by Crippen LogP contribution is -2.00. The van der Waals surface area contributed by atoms with Crippen molar-refractivity contribution >= 4 is 0 Å². The first-order valence-corrected chi connectivity index (χ1v) is 3.22. The summed E-state index contributed by atoms with van der Waals surface area (Å²) >= 11 is 0. The third-order valence-electron chi connectivity index (χ3n) is 1.42. The quantitative estimate of drug-likeness (QED) is 0.598. The summed E-state index contributed by atoms with van der Waals surface area (Å²) in [6.07, 6.45) is 0. The van der Waals surface area contributed by atoms with Gasteiger partial charge in [0.1, 0.15) is 5.75 Å². The molecule has 0 unspecified atom stereocenters. The van der Waals surface area contributed by atoms with Crippen LogP contribution in [0, 0.1) is 6.92 Å². The molecular weight excluding hydrogens is 142 g/mol. The smallest absolute Gasteiger partial charge is 0.181 e. The molecule has 0 aromatic heterocycles. The number of aryl methyl sites for hydroxylation is 1. The molecule has 0 fully saturated rings. The molecule has 1 rings (SSSR count). The largest absolute Gasteiger partial charge is 0.412 e. The van der Waals surface area contributed by atoms with Crippen molar-refractivity contribution in [3.63, 3.8) is 0 Å². The molecule has 0 amide bonds. The van der Waals surface area contributed by atoms with E-state index < -0.39 is 0 Å². The summed E-state index contributed by atoms with van der Waals surface area (Å²) in [5.74, 6) is 5.39. The maximum atomic E-state index is 11.0. The average Bonchev–Trinajstić information content (AvgIpc) is 2.16. The van der Waals surface area contributed by atoms with Gasteiger partial charge < -0.3 is 4.84 Å². The summed E-state index contributed by atoms with van der Waals surface area (Å²) in [4.78, 5) is 15.4. The van der Waals surface area contributed by atoms with Crippen LogP contribution in [0.3, 0.4) is 0 Å². The van der Waals surface area contributed by atoms with Crippen LogP contribution >= 0.6 is 0 Å². The Morgan fingerprint density at radius 1 is 1.27 bits per heavy atom. The SMILES string of the molecule is Cc1ccc(ON)ccc1=O. The van der Waals surface area contributed by atoms with Crippen LogP contribution in [0.15, 0.2) is 29.1 Å². The Hall–Kier alpha value is -1.35. The molecule has 1 aromatic carbocycles. The number of nitrogens with two attached hydrogens (primary N) is 1. The molecule has 11 heavy (non-hydrogen) atoms. The van der Waals surface area contributed by atoms with Gasteiger partial charge in [-0.3, -0.25) is 4.79 Å². The maximum Gasteiger partial charge on any atom is 0.181 e. The predicted molar refractivity (Wildman–Crippen MR) is 42.3 cm³/mol. The normalized spacial score (nSPS) is 9.27. The molecule has 3 heteroatoms. The van der Waals surface area contributed by atoms with Gasteiger partial charge in [0.25, 0.3) is 0 Å². The molecule has 0 spiro atoms. The van der Waals surface area contributed by atoms with Crippen molar-refractivity contribution in [3.8, 4) is 5.75 Å². The van der Waals surface area contributed by atoms with Gasteiger partial charge in [0.2, 0.25) is 0 Å². The first kappa shape index (κ1) is 7.75. The molecule has 0 radical (unpaired) electrons. The lowest BCUT2D eigenvalue weighted by molar-refractivity contribution is 0.335. The minimum Gasteiger partial charge on any atom is -0.412 e. The Labute approximate surface area is 64.4 Å². The summed E-state index contributed by atoms with van der Waals surface area (Å²) in [5, 5.41) is 0. The van der Waals surface area contributed by atoms with Gasteiger partial charge in [-0.05, 0) is 30.7 Å². The minimum absolute atomic E-state index is 0.0201. The fourth-order valence-electron chi connectivity index (χ4n) is 0.713. The minimum atomic E-state index is -0.0201. The topological polar surface area (TPSA) is 52.3 Å². The van der Waals surface area contributed by atoms with Gasteiger partial charge in [0.05, 0.1) is 0 Å². The second-order valence-corrected chi connectivity index (χ2v) is 2.23. The molecule has 58 valence electrons. The monoisotopic (exact) mass is 151 g/mol. The summed E-state index contributed by atoms with van der Waals surface area (Å²) in [6.45, 7) is 1.74.